The zero-order valence-electron chi connectivity index (χ0n) is 15.6. The summed E-state index contributed by atoms with van der Waals surface area (Å²) in [6.07, 6.45) is -0.849. The van der Waals surface area contributed by atoms with E-state index < -0.39 is 45.3 Å². The van der Waals surface area contributed by atoms with Gasteiger partial charge in [-0.25, -0.2) is 23.2 Å². The highest BCUT2D eigenvalue weighted by atomic mass is 32.2. The highest BCUT2D eigenvalue weighted by Gasteiger charge is 2.46. The van der Waals surface area contributed by atoms with Crippen molar-refractivity contribution in [1.29, 1.82) is 0 Å². The second-order valence-electron chi connectivity index (χ2n) is 6.88. The molecular formula is C17H16F3N5O4S. The number of hydrogen-bond acceptors (Lipinski definition) is 6. The minimum absolute atomic E-state index is 0.0154. The van der Waals surface area contributed by atoms with E-state index in [-0.39, 0.29) is 25.1 Å². The molecule has 9 nitrogen and oxygen atoms in total. The molecular weight excluding hydrogens is 427 g/mol. The van der Waals surface area contributed by atoms with E-state index in [9.17, 15) is 31.2 Å². The van der Waals surface area contributed by atoms with Gasteiger partial charge in [0.25, 0.3) is 5.91 Å². The van der Waals surface area contributed by atoms with Gasteiger partial charge in [-0.2, -0.15) is 17.5 Å². The number of rotatable bonds is 3. The SMILES string of the molecule is C[C@]1(CS(=O)(=O)N2CC=C(C#Cc3cnc(C(F)(F)F)nc3)CC2)NC(=O)NC1=O. The number of urea groups is 1. The zero-order chi connectivity index (χ0) is 22.2. The van der Waals surface area contributed by atoms with E-state index in [1.165, 1.54) is 11.2 Å². The molecule has 2 aliphatic rings. The number of carbonyl (C=O) groups is 2. The summed E-state index contributed by atoms with van der Waals surface area (Å²) in [5, 5.41) is 4.32. The van der Waals surface area contributed by atoms with Crippen LogP contribution in [0.2, 0.25) is 0 Å². The topological polar surface area (TPSA) is 121 Å². The zero-order valence-corrected chi connectivity index (χ0v) is 16.4. The third kappa shape index (κ3) is 4.77. The summed E-state index contributed by atoms with van der Waals surface area (Å²) in [5.74, 6) is 2.85. The molecule has 2 aliphatic heterocycles. The van der Waals surface area contributed by atoms with Gasteiger partial charge < -0.3 is 5.32 Å². The molecule has 0 radical (unpaired) electrons. The molecule has 160 valence electrons. The monoisotopic (exact) mass is 443 g/mol. The Labute approximate surface area is 169 Å². The van der Waals surface area contributed by atoms with Crippen molar-refractivity contribution in [1.82, 2.24) is 24.9 Å². The molecule has 30 heavy (non-hydrogen) atoms. The van der Waals surface area contributed by atoms with Crippen LogP contribution < -0.4 is 10.6 Å². The van der Waals surface area contributed by atoms with Crippen molar-refractivity contribution in [3.8, 4) is 11.8 Å². The average molecular weight is 443 g/mol. The third-order valence-corrected chi connectivity index (χ3v) is 6.49. The Hall–Kier alpha value is -2.98. The van der Waals surface area contributed by atoms with Crippen molar-refractivity contribution in [2.45, 2.75) is 25.1 Å². The molecule has 2 N–H and O–H groups in total. The number of aromatic nitrogens is 2. The van der Waals surface area contributed by atoms with Crippen molar-refractivity contribution in [2.75, 3.05) is 18.8 Å². The fourth-order valence-electron chi connectivity index (χ4n) is 2.85. The Morgan fingerprint density at radius 1 is 1.23 bits per heavy atom. The smallest absolute Gasteiger partial charge is 0.322 e. The maximum atomic E-state index is 12.6. The van der Waals surface area contributed by atoms with Crippen molar-refractivity contribution >= 4 is 22.0 Å². The van der Waals surface area contributed by atoms with Gasteiger partial charge in [0.15, 0.2) is 0 Å². The number of sulfonamides is 1. The van der Waals surface area contributed by atoms with Gasteiger partial charge in [0, 0.05) is 31.1 Å². The predicted molar refractivity (Wildman–Crippen MR) is 97.1 cm³/mol. The second kappa shape index (κ2) is 7.69. The number of carbonyl (C=O) groups excluding carboxylic acids is 2. The molecule has 1 atom stereocenters. The first kappa shape index (κ1) is 21.7. The van der Waals surface area contributed by atoms with Gasteiger partial charge in [-0.15, -0.1) is 0 Å². The van der Waals surface area contributed by atoms with E-state index in [0.717, 1.165) is 12.4 Å². The van der Waals surface area contributed by atoms with Crippen LogP contribution >= 0.6 is 0 Å². The van der Waals surface area contributed by atoms with Crippen LogP contribution in [0, 0.1) is 11.8 Å². The molecule has 3 rings (SSSR count). The number of alkyl halides is 3. The van der Waals surface area contributed by atoms with Gasteiger partial charge in [-0.3, -0.25) is 10.1 Å². The number of nitrogens with zero attached hydrogens (tertiary/aromatic N) is 3. The first-order valence-corrected chi connectivity index (χ1v) is 10.2. The van der Waals surface area contributed by atoms with Gasteiger partial charge in [-0.05, 0) is 13.3 Å². The highest BCUT2D eigenvalue weighted by molar-refractivity contribution is 7.89. The van der Waals surface area contributed by atoms with Crippen molar-refractivity contribution < 1.29 is 31.2 Å². The van der Waals surface area contributed by atoms with E-state index in [2.05, 4.69) is 27.1 Å². The number of amides is 3. The molecule has 0 aliphatic carbocycles. The minimum atomic E-state index is -4.63. The summed E-state index contributed by atoms with van der Waals surface area (Å²) < 4.78 is 63.8. The van der Waals surface area contributed by atoms with Crippen LogP contribution in [-0.4, -0.2) is 59.0 Å². The van der Waals surface area contributed by atoms with E-state index in [1.807, 2.05) is 5.32 Å². The van der Waals surface area contributed by atoms with Crippen molar-refractivity contribution in [3.05, 3.63) is 35.4 Å². The number of imide groups is 1. The van der Waals surface area contributed by atoms with E-state index >= 15 is 0 Å². The van der Waals surface area contributed by atoms with E-state index in [1.54, 1.807) is 6.08 Å². The molecule has 0 spiro atoms. The lowest BCUT2D eigenvalue weighted by Gasteiger charge is -2.28. The molecule has 1 fully saturated rings. The van der Waals surface area contributed by atoms with Crippen molar-refractivity contribution in [2.24, 2.45) is 0 Å². The van der Waals surface area contributed by atoms with Crippen LogP contribution in [0.5, 0.6) is 0 Å². The number of nitrogens with one attached hydrogen (secondary N) is 2. The van der Waals surface area contributed by atoms with Crippen LogP contribution in [0.25, 0.3) is 0 Å². The minimum Gasteiger partial charge on any atom is -0.322 e. The van der Waals surface area contributed by atoms with Gasteiger partial charge in [0.05, 0.1) is 11.3 Å². The van der Waals surface area contributed by atoms with E-state index in [0.29, 0.717) is 5.57 Å². The molecule has 1 aromatic rings. The summed E-state index contributed by atoms with van der Waals surface area (Å²) in [5.41, 5.74) is -0.753. The Kier molecular flexibility index (Phi) is 5.57. The van der Waals surface area contributed by atoms with Gasteiger partial charge in [0.2, 0.25) is 15.8 Å². The summed E-state index contributed by atoms with van der Waals surface area (Å²) in [7, 11) is -3.85. The summed E-state index contributed by atoms with van der Waals surface area (Å²) in [6, 6.07) is -0.749. The quantitative estimate of drug-likeness (QED) is 0.516. The average Bonchev–Trinajstić information content (AvgIpc) is 2.90. The molecule has 0 bridgehead atoms. The number of hydrogen-bond donors (Lipinski definition) is 2. The third-order valence-electron chi connectivity index (χ3n) is 4.43. The lowest BCUT2D eigenvalue weighted by Crippen LogP contribution is -2.52. The Bertz CT molecular complexity index is 1070. The molecule has 0 aromatic carbocycles. The summed E-state index contributed by atoms with van der Waals surface area (Å²) in [6.45, 7) is 1.45. The Morgan fingerprint density at radius 3 is 2.40 bits per heavy atom. The summed E-state index contributed by atoms with van der Waals surface area (Å²) in [4.78, 5) is 29.6. The largest absolute Gasteiger partial charge is 0.451 e. The van der Waals surface area contributed by atoms with Crippen LogP contribution in [0.3, 0.4) is 0 Å². The molecule has 3 amide bonds. The molecule has 0 saturated carbocycles. The Balaban J connectivity index is 1.65. The van der Waals surface area contributed by atoms with Crippen LogP contribution in [-0.2, 0) is 21.0 Å². The standard InChI is InChI=1S/C17H16F3N5O4S/c1-16(14(26)23-15(27)24-16)10-30(28,29)25-6-4-11(5-7-25)2-3-12-8-21-13(22-9-12)17(18,19)20/h4,8-9H,5-7,10H2,1H3,(H2,23,24,26,27)/t16-/m1/s1. The maximum absolute atomic E-state index is 12.6. The normalized spacial score (nSPS) is 22.6. The molecule has 0 unspecified atom stereocenters. The second-order valence-corrected chi connectivity index (χ2v) is 8.85. The molecule has 13 heteroatoms. The molecule has 3 heterocycles. The number of halogens is 3. The fraction of sp³-hybridized carbons (Fsp3) is 0.412. The lowest BCUT2D eigenvalue weighted by atomic mass is 10.1. The predicted octanol–water partition coefficient (Wildman–Crippen LogP) is 0.407. The van der Waals surface area contributed by atoms with Gasteiger partial charge in [0.1, 0.15) is 5.54 Å². The van der Waals surface area contributed by atoms with Gasteiger partial charge in [-0.1, -0.05) is 17.9 Å². The van der Waals surface area contributed by atoms with E-state index in [4.69, 9.17) is 0 Å². The highest BCUT2D eigenvalue weighted by Crippen LogP contribution is 2.25. The maximum Gasteiger partial charge on any atom is 0.451 e. The van der Waals surface area contributed by atoms with Gasteiger partial charge >= 0.3 is 12.2 Å². The van der Waals surface area contributed by atoms with Crippen molar-refractivity contribution in [3.63, 3.8) is 0 Å². The lowest BCUT2D eigenvalue weighted by molar-refractivity contribution is -0.145. The summed E-state index contributed by atoms with van der Waals surface area (Å²) >= 11 is 0. The van der Waals surface area contributed by atoms with Crippen LogP contribution in [0.4, 0.5) is 18.0 Å². The molecule has 1 saturated heterocycles. The molecule has 1 aromatic heterocycles. The Morgan fingerprint density at radius 2 is 1.90 bits per heavy atom. The van der Waals surface area contributed by atoms with Crippen LogP contribution in [0.15, 0.2) is 24.0 Å². The van der Waals surface area contributed by atoms with Crippen LogP contribution in [0.1, 0.15) is 24.7 Å². The first-order valence-electron chi connectivity index (χ1n) is 8.61. The fourth-order valence-corrected chi connectivity index (χ4v) is 4.63. The first-order chi connectivity index (χ1) is 13.9.